The first-order valence-corrected chi connectivity index (χ1v) is 9.18. The van der Waals surface area contributed by atoms with Crippen LogP contribution in [0.4, 0.5) is 0 Å². The molecule has 0 amide bonds. The van der Waals surface area contributed by atoms with Crippen LogP contribution in [-0.4, -0.2) is 29.2 Å². The first-order chi connectivity index (χ1) is 10.8. The quantitative estimate of drug-likeness (QED) is 0.938. The molecule has 2 aromatic heterocycles. The summed E-state index contributed by atoms with van der Waals surface area (Å²) in [6.45, 7) is 2.31. The van der Waals surface area contributed by atoms with Gasteiger partial charge in [-0.05, 0) is 57.1 Å². The monoisotopic (exact) mass is 317 g/mol. The summed E-state index contributed by atoms with van der Waals surface area (Å²) in [7, 11) is 2.05. The summed E-state index contributed by atoms with van der Waals surface area (Å²) in [5.41, 5.74) is 1.46. The van der Waals surface area contributed by atoms with Gasteiger partial charge in [0.2, 0.25) is 5.88 Å². The number of nitrogens with one attached hydrogen (secondary N) is 1. The largest absolute Gasteiger partial charge is 0.474 e. The van der Waals surface area contributed by atoms with Gasteiger partial charge in [-0.1, -0.05) is 6.92 Å². The first kappa shape index (κ1) is 14.4. The lowest BCUT2D eigenvalue weighted by molar-refractivity contribution is 0.137. The minimum atomic E-state index is 0.301. The normalized spacial score (nSPS) is 28.0. The zero-order valence-corrected chi connectivity index (χ0v) is 14.1. The number of aryl methyl sites for hydroxylation is 1. The van der Waals surface area contributed by atoms with Gasteiger partial charge in [-0.15, -0.1) is 11.3 Å². The van der Waals surface area contributed by atoms with Gasteiger partial charge in [-0.3, -0.25) is 0 Å². The number of hydrogen-bond donors (Lipinski definition) is 1. The second kappa shape index (κ2) is 5.78. The second-order valence-electron chi connectivity index (χ2n) is 6.62. The highest BCUT2D eigenvalue weighted by atomic mass is 32.1. The Morgan fingerprint density at radius 1 is 1.18 bits per heavy atom. The molecule has 2 aromatic rings. The van der Waals surface area contributed by atoms with Crippen LogP contribution in [0.15, 0.2) is 6.33 Å². The minimum Gasteiger partial charge on any atom is -0.474 e. The van der Waals surface area contributed by atoms with Crippen molar-refractivity contribution in [3.8, 4) is 5.88 Å². The van der Waals surface area contributed by atoms with E-state index in [1.807, 2.05) is 11.3 Å². The van der Waals surface area contributed by atoms with Crippen molar-refractivity contribution in [3.05, 3.63) is 16.8 Å². The van der Waals surface area contributed by atoms with E-state index in [0.717, 1.165) is 23.6 Å². The standard InChI is InChI=1S/C17H23N3OS/c1-10-3-8-13-14(10)15-16(19-9-20-17(15)22-13)21-12-6-4-11(18-2)5-7-12/h9-12,18H,3-8H2,1-2H3/t10-,11-,12-/m0/s1. The van der Waals surface area contributed by atoms with Crippen molar-refractivity contribution in [2.45, 2.75) is 63.5 Å². The van der Waals surface area contributed by atoms with E-state index in [1.54, 1.807) is 6.33 Å². The number of thiophene rings is 1. The van der Waals surface area contributed by atoms with Crippen LogP contribution < -0.4 is 10.1 Å². The molecular formula is C17H23N3OS. The smallest absolute Gasteiger partial charge is 0.225 e. The molecule has 4 rings (SSSR count). The van der Waals surface area contributed by atoms with Crippen molar-refractivity contribution in [2.24, 2.45) is 0 Å². The fourth-order valence-corrected chi connectivity index (χ4v) is 5.15. The lowest BCUT2D eigenvalue weighted by atomic mass is 9.93. The van der Waals surface area contributed by atoms with Gasteiger partial charge in [0.1, 0.15) is 17.3 Å². The minimum absolute atomic E-state index is 0.301. The molecule has 0 spiro atoms. The van der Waals surface area contributed by atoms with Crippen LogP contribution in [0, 0.1) is 0 Å². The van der Waals surface area contributed by atoms with Gasteiger partial charge >= 0.3 is 0 Å². The van der Waals surface area contributed by atoms with Crippen LogP contribution in [0.2, 0.25) is 0 Å². The van der Waals surface area contributed by atoms with E-state index in [9.17, 15) is 0 Å². The molecule has 118 valence electrons. The fourth-order valence-electron chi connectivity index (χ4n) is 3.89. The summed E-state index contributed by atoms with van der Waals surface area (Å²) in [5, 5.41) is 4.57. The number of fused-ring (bicyclic) bond motifs is 3. The molecule has 5 heteroatoms. The van der Waals surface area contributed by atoms with Crippen LogP contribution in [0.25, 0.3) is 10.2 Å². The molecule has 22 heavy (non-hydrogen) atoms. The summed E-state index contributed by atoms with van der Waals surface area (Å²) in [6.07, 6.45) is 8.99. The number of rotatable bonds is 3. The summed E-state index contributed by atoms with van der Waals surface area (Å²) in [6, 6.07) is 0.649. The van der Waals surface area contributed by atoms with Gasteiger partial charge in [0.25, 0.3) is 0 Å². The van der Waals surface area contributed by atoms with Crippen LogP contribution in [0.3, 0.4) is 0 Å². The fraction of sp³-hybridized carbons (Fsp3) is 0.647. The molecule has 1 N–H and O–H groups in total. The lowest BCUT2D eigenvalue weighted by Crippen LogP contribution is -2.34. The molecule has 2 heterocycles. The Morgan fingerprint density at radius 2 is 2.00 bits per heavy atom. The molecule has 0 unspecified atom stereocenters. The van der Waals surface area contributed by atoms with E-state index in [-0.39, 0.29) is 0 Å². The van der Waals surface area contributed by atoms with Gasteiger partial charge in [0, 0.05) is 10.9 Å². The molecule has 0 bridgehead atoms. The molecule has 0 aliphatic heterocycles. The highest BCUT2D eigenvalue weighted by molar-refractivity contribution is 7.19. The summed E-state index contributed by atoms with van der Waals surface area (Å²) in [5.74, 6) is 1.43. The third-order valence-electron chi connectivity index (χ3n) is 5.23. The molecule has 1 saturated carbocycles. The maximum absolute atomic E-state index is 6.32. The van der Waals surface area contributed by atoms with Crippen molar-refractivity contribution >= 4 is 21.6 Å². The first-order valence-electron chi connectivity index (χ1n) is 8.36. The maximum atomic E-state index is 6.32. The number of nitrogens with zero attached hydrogens (tertiary/aromatic N) is 2. The second-order valence-corrected chi connectivity index (χ2v) is 7.70. The van der Waals surface area contributed by atoms with Gasteiger partial charge in [0.05, 0.1) is 5.39 Å². The third kappa shape index (κ3) is 2.40. The van der Waals surface area contributed by atoms with Gasteiger partial charge < -0.3 is 10.1 Å². The molecule has 2 aliphatic carbocycles. The highest BCUT2D eigenvalue weighted by Crippen LogP contribution is 2.45. The van der Waals surface area contributed by atoms with E-state index in [2.05, 4.69) is 29.3 Å². The average molecular weight is 317 g/mol. The highest BCUT2D eigenvalue weighted by Gasteiger charge is 2.29. The molecule has 4 nitrogen and oxygen atoms in total. The molecule has 0 saturated heterocycles. The van der Waals surface area contributed by atoms with Crippen LogP contribution >= 0.6 is 11.3 Å². The van der Waals surface area contributed by atoms with E-state index in [0.29, 0.717) is 18.1 Å². The molecule has 0 aromatic carbocycles. The van der Waals surface area contributed by atoms with E-state index in [1.165, 1.54) is 41.5 Å². The topological polar surface area (TPSA) is 47.0 Å². The van der Waals surface area contributed by atoms with Gasteiger partial charge in [-0.25, -0.2) is 9.97 Å². The zero-order chi connectivity index (χ0) is 15.1. The molecule has 1 fully saturated rings. The molecular weight excluding hydrogens is 294 g/mol. The predicted molar refractivity (Wildman–Crippen MR) is 89.9 cm³/mol. The summed E-state index contributed by atoms with van der Waals surface area (Å²) in [4.78, 5) is 11.6. The molecule has 1 atom stereocenters. The molecule has 2 aliphatic rings. The zero-order valence-electron chi connectivity index (χ0n) is 13.3. The van der Waals surface area contributed by atoms with Crippen LogP contribution in [0.1, 0.15) is 55.4 Å². The Bertz CT molecular complexity index is 676. The predicted octanol–water partition coefficient (Wildman–Crippen LogP) is 3.65. The van der Waals surface area contributed by atoms with Crippen molar-refractivity contribution in [1.29, 1.82) is 0 Å². The Labute approximate surface area is 135 Å². The third-order valence-corrected chi connectivity index (χ3v) is 6.40. The number of ether oxygens (including phenoxy) is 1. The Balaban J connectivity index is 1.62. The Morgan fingerprint density at radius 3 is 2.77 bits per heavy atom. The number of hydrogen-bond acceptors (Lipinski definition) is 5. The van der Waals surface area contributed by atoms with Gasteiger partial charge in [-0.2, -0.15) is 0 Å². The van der Waals surface area contributed by atoms with E-state index >= 15 is 0 Å². The van der Waals surface area contributed by atoms with Crippen molar-refractivity contribution in [1.82, 2.24) is 15.3 Å². The Kier molecular flexibility index (Phi) is 3.78. The maximum Gasteiger partial charge on any atom is 0.225 e. The summed E-state index contributed by atoms with van der Waals surface area (Å²) < 4.78 is 6.32. The average Bonchev–Trinajstić information content (AvgIpc) is 3.08. The number of aromatic nitrogens is 2. The lowest BCUT2D eigenvalue weighted by Gasteiger charge is -2.28. The van der Waals surface area contributed by atoms with Crippen molar-refractivity contribution in [2.75, 3.05) is 7.05 Å². The van der Waals surface area contributed by atoms with Crippen LogP contribution in [-0.2, 0) is 6.42 Å². The van der Waals surface area contributed by atoms with E-state index < -0.39 is 0 Å². The van der Waals surface area contributed by atoms with Crippen LogP contribution in [0.5, 0.6) is 5.88 Å². The van der Waals surface area contributed by atoms with Gasteiger partial charge in [0.15, 0.2) is 0 Å². The van der Waals surface area contributed by atoms with Crippen molar-refractivity contribution < 1.29 is 4.74 Å². The van der Waals surface area contributed by atoms with Crippen molar-refractivity contribution in [3.63, 3.8) is 0 Å². The Hall–Kier alpha value is -1.20. The molecule has 0 radical (unpaired) electrons. The SMILES string of the molecule is CN[C@H]1CC[C@H](Oc2ncnc3sc4c(c23)[C@@H](C)CC4)CC1. The van der Waals surface area contributed by atoms with E-state index in [4.69, 9.17) is 4.74 Å². The summed E-state index contributed by atoms with van der Waals surface area (Å²) >= 11 is 1.83.